The van der Waals surface area contributed by atoms with E-state index in [9.17, 15) is 4.39 Å². The van der Waals surface area contributed by atoms with Gasteiger partial charge in [-0.3, -0.25) is 0 Å². The molecule has 0 amide bonds. The molecular formula is C17H19FO. The van der Waals surface area contributed by atoms with Gasteiger partial charge in [0.25, 0.3) is 0 Å². The first-order chi connectivity index (χ1) is 9.08. The lowest BCUT2D eigenvalue weighted by atomic mass is 9.83. The third-order valence-electron chi connectivity index (χ3n) is 4.11. The molecule has 0 fully saturated rings. The van der Waals surface area contributed by atoms with Gasteiger partial charge in [-0.15, -0.1) is 0 Å². The molecule has 0 saturated carbocycles. The first kappa shape index (κ1) is 12.5. The minimum Gasteiger partial charge on any atom is -0.478 e. The highest BCUT2D eigenvalue weighted by atomic mass is 19.1. The smallest absolute Gasteiger partial charge is 0.146 e. The van der Waals surface area contributed by atoms with Crippen molar-refractivity contribution in [3.05, 3.63) is 47.3 Å². The fraction of sp³-hybridized carbons (Fsp3) is 0.412. The van der Waals surface area contributed by atoms with E-state index in [-0.39, 0.29) is 5.82 Å². The lowest BCUT2D eigenvalue weighted by Gasteiger charge is -2.36. The summed E-state index contributed by atoms with van der Waals surface area (Å²) in [6.07, 6.45) is 9.13. The van der Waals surface area contributed by atoms with E-state index in [4.69, 9.17) is 4.74 Å². The van der Waals surface area contributed by atoms with E-state index >= 15 is 0 Å². The van der Waals surface area contributed by atoms with Crippen LogP contribution in [0, 0.1) is 5.82 Å². The Morgan fingerprint density at radius 1 is 1.26 bits per heavy atom. The second-order valence-corrected chi connectivity index (χ2v) is 5.65. The minimum absolute atomic E-state index is 0.242. The van der Waals surface area contributed by atoms with Crippen molar-refractivity contribution in [3.8, 4) is 5.75 Å². The van der Waals surface area contributed by atoms with Gasteiger partial charge in [-0.05, 0) is 68.9 Å². The first-order valence-electron chi connectivity index (χ1n) is 6.96. The summed E-state index contributed by atoms with van der Waals surface area (Å²) in [5.41, 5.74) is 3.07. The lowest BCUT2D eigenvalue weighted by molar-refractivity contribution is 0.167. The van der Waals surface area contributed by atoms with Crippen LogP contribution in [0.5, 0.6) is 5.75 Å². The van der Waals surface area contributed by atoms with Gasteiger partial charge in [-0.1, -0.05) is 6.08 Å². The predicted octanol–water partition coefficient (Wildman–Crippen LogP) is 4.88. The lowest BCUT2D eigenvalue weighted by Crippen LogP contribution is -2.35. The summed E-state index contributed by atoms with van der Waals surface area (Å²) in [4.78, 5) is 0. The van der Waals surface area contributed by atoms with Crippen LogP contribution in [-0.4, -0.2) is 5.60 Å². The van der Waals surface area contributed by atoms with Crippen molar-refractivity contribution in [3.63, 3.8) is 0 Å². The Bertz CT molecular complexity index is 571. The standard InChI is InChI=1S/C17H19FO/c1-12-11-17(2,13-6-4-3-5-7-13)19-16-10-14(18)8-9-15(12)16/h6,8-11H,3-5,7H2,1-2H3/t17-/m1/s1. The summed E-state index contributed by atoms with van der Waals surface area (Å²) in [5.74, 6) is 0.419. The number of fused-ring (bicyclic) bond motifs is 1. The summed E-state index contributed by atoms with van der Waals surface area (Å²) < 4.78 is 19.5. The van der Waals surface area contributed by atoms with Gasteiger partial charge in [-0.25, -0.2) is 4.39 Å². The molecule has 1 atom stereocenters. The molecule has 1 aromatic carbocycles. The third kappa shape index (κ3) is 2.20. The van der Waals surface area contributed by atoms with Crippen LogP contribution in [0.3, 0.4) is 0 Å². The number of hydrogen-bond donors (Lipinski definition) is 0. The molecule has 3 rings (SSSR count). The van der Waals surface area contributed by atoms with Gasteiger partial charge in [0.1, 0.15) is 17.2 Å². The maximum Gasteiger partial charge on any atom is 0.146 e. The van der Waals surface area contributed by atoms with Gasteiger partial charge in [-0.2, -0.15) is 0 Å². The molecule has 2 heteroatoms. The molecule has 0 radical (unpaired) electrons. The van der Waals surface area contributed by atoms with E-state index in [0.29, 0.717) is 5.75 Å². The number of hydrogen-bond acceptors (Lipinski definition) is 1. The van der Waals surface area contributed by atoms with Crippen LogP contribution in [-0.2, 0) is 0 Å². The van der Waals surface area contributed by atoms with Crippen LogP contribution >= 0.6 is 0 Å². The van der Waals surface area contributed by atoms with E-state index < -0.39 is 5.60 Å². The van der Waals surface area contributed by atoms with Crippen molar-refractivity contribution in [1.29, 1.82) is 0 Å². The van der Waals surface area contributed by atoms with Crippen molar-refractivity contribution >= 4 is 5.57 Å². The largest absolute Gasteiger partial charge is 0.478 e. The maximum absolute atomic E-state index is 13.4. The van der Waals surface area contributed by atoms with Gasteiger partial charge < -0.3 is 4.74 Å². The Morgan fingerprint density at radius 3 is 2.84 bits per heavy atom. The molecule has 0 bridgehead atoms. The molecule has 1 aliphatic heterocycles. The maximum atomic E-state index is 13.4. The molecule has 1 heterocycles. The number of benzene rings is 1. The normalized spacial score (nSPS) is 26.1. The van der Waals surface area contributed by atoms with Gasteiger partial charge in [0, 0.05) is 11.6 Å². The molecular weight excluding hydrogens is 239 g/mol. The zero-order valence-electron chi connectivity index (χ0n) is 11.5. The number of rotatable bonds is 1. The van der Waals surface area contributed by atoms with Crippen molar-refractivity contribution in [2.45, 2.75) is 45.1 Å². The van der Waals surface area contributed by atoms with Crippen molar-refractivity contribution in [2.24, 2.45) is 0 Å². The van der Waals surface area contributed by atoms with Gasteiger partial charge in [0.05, 0.1) is 0 Å². The van der Waals surface area contributed by atoms with Gasteiger partial charge in [0.2, 0.25) is 0 Å². The van der Waals surface area contributed by atoms with E-state index in [1.807, 2.05) is 0 Å². The average molecular weight is 258 g/mol. The molecule has 0 saturated heterocycles. The molecule has 19 heavy (non-hydrogen) atoms. The van der Waals surface area contributed by atoms with Crippen molar-refractivity contribution < 1.29 is 9.13 Å². The quantitative estimate of drug-likeness (QED) is 0.652. The highest BCUT2D eigenvalue weighted by Gasteiger charge is 2.33. The molecule has 2 aliphatic rings. The van der Waals surface area contributed by atoms with Crippen LogP contribution in [0.2, 0.25) is 0 Å². The minimum atomic E-state index is -0.411. The highest BCUT2D eigenvalue weighted by Crippen LogP contribution is 2.41. The molecule has 0 N–H and O–H groups in total. The summed E-state index contributed by atoms with van der Waals surface area (Å²) >= 11 is 0. The first-order valence-corrected chi connectivity index (χ1v) is 6.96. The molecule has 0 unspecified atom stereocenters. The van der Waals surface area contributed by atoms with E-state index in [2.05, 4.69) is 26.0 Å². The SMILES string of the molecule is CC1=C[C@](C)(C2=CCCCC2)Oc2cc(F)ccc21. The Morgan fingerprint density at radius 2 is 2.11 bits per heavy atom. The van der Waals surface area contributed by atoms with Gasteiger partial charge >= 0.3 is 0 Å². The molecule has 1 aliphatic carbocycles. The fourth-order valence-electron chi connectivity index (χ4n) is 3.10. The van der Waals surface area contributed by atoms with E-state index in [1.165, 1.54) is 30.5 Å². The third-order valence-corrected chi connectivity index (χ3v) is 4.11. The molecule has 100 valence electrons. The number of allylic oxidation sites excluding steroid dienone is 2. The molecule has 1 nitrogen and oxygen atoms in total. The van der Waals surface area contributed by atoms with Crippen molar-refractivity contribution in [1.82, 2.24) is 0 Å². The predicted molar refractivity (Wildman–Crippen MR) is 75.6 cm³/mol. The molecule has 0 spiro atoms. The van der Waals surface area contributed by atoms with Crippen LogP contribution in [0.4, 0.5) is 4.39 Å². The summed E-state index contributed by atoms with van der Waals surface area (Å²) in [6, 6.07) is 4.78. The number of ether oxygens (including phenoxy) is 1. The Hall–Kier alpha value is -1.57. The van der Waals surface area contributed by atoms with Crippen LogP contribution in [0.25, 0.3) is 5.57 Å². The molecule has 0 aromatic heterocycles. The monoisotopic (exact) mass is 258 g/mol. The van der Waals surface area contributed by atoms with Crippen LogP contribution in [0.1, 0.15) is 45.1 Å². The second-order valence-electron chi connectivity index (χ2n) is 5.65. The molecule has 1 aromatic rings. The van der Waals surface area contributed by atoms with Crippen molar-refractivity contribution in [2.75, 3.05) is 0 Å². The summed E-state index contributed by atoms with van der Waals surface area (Å²) in [6.45, 7) is 4.16. The summed E-state index contributed by atoms with van der Waals surface area (Å²) in [7, 11) is 0. The second kappa shape index (κ2) is 4.52. The Labute approximate surface area is 113 Å². The number of halogens is 1. The topological polar surface area (TPSA) is 9.23 Å². The van der Waals surface area contributed by atoms with E-state index in [1.54, 1.807) is 6.07 Å². The highest BCUT2D eigenvalue weighted by molar-refractivity contribution is 5.73. The average Bonchev–Trinajstić information content (AvgIpc) is 2.39. The fourth-order valence-corrected chi connectivity index (χ4v) is 3.10. The van der Waals surface area contributed by atoms with E-state index in [0.717, 1.165) is 24.0 Å². The van der Waals surface area contributed by atoms with Crippen LogP contribution in [0.15, 0.2) is 35.9 Å². The van der Waals surface area contributed by atoms with Gasteiger partial charge in [0.15, 0.2) is 0 Å². The zero-order valence-corrected chi connectivity index (χ0v) is 11.5. The Balaban J connectivity index is 2.03. The van der Waals surface area contributed by atoms with Crippen LogP contribution < -0.4 is 4.74 Å². The zero-order chi connectivity index (χ0) is 13.5. The Kier molecular flexibility index (Phi) is 2.96. The summed E-state index contributed by atoms with van der Waals surface area (Å²) in [5, 5.41) is 0.